The molecule has 206 valence electrons. The minimum absolute atomic E-state index is 0.102. The number of carbonyl (C=O) groups is 2. The number of amides is 2. The van der Waals surface area contributed by atoms with Crippen molar-refractivity contribution >= 4 is 45.6 Å². The van der Waals surface area contributed by atoms with Crippen LogP contribution in [0.2, 0.25) is 0 Å². The number of nitrogens with one attached hydrogen (secondary N) is 2. The highest BCUT2D eigenvalue weighted by atomic mass is 19.1. The van der Waals surface area contributed by atoms with E-state index in [-0.39, 0.29) is 12.6 Å². The van der Waals surface area contributed by atoms with E-state index >= 15 is 0 Å². The van der Waals surface area contributed by atoms with Crippen LogP contribution >= 0.6 is 0 Å². The Hall–Kier alpha value is -3.67. The average Bonchev–Trinajstić information content (AvgIpc) is 3.39. The lowest BCUT2D eigenvalue weighted by Crippen LogP contribution is -2.40. The molecule has 38 heavy (non-hydrogen) atoms. The van der Waals surface area contributed by atoms with Crippen LogP contribution in [0.4, 0.5) is 25.5 Å². The predicted octanol–water partition coefficient (Wildman–Crippen LogP) is 4.18. The van der Waals surface area contributed by atoms with Crippen LogP contribution in [0.5, 0.6) is 0 Å². The van der Waals surface area contributed by atoms with E-state index in [9.17, 15) is 14.0 Å². The lowest BCUT2D eigenvalue weighted by atomic mass is 10.1. The minimum atomic E-state index is -0.716. The molecule has 0 bridgehead atoms. The highest BCUT2D eigenvalue weighted by Gasteiger charge is 2.30. The fourth-order valence-corrected chi connectivity index (χ4v) is 4.43. The van der Waals surface area contributed by atoms with Crippen LogP contribution in [0.25, 0.3) is 21.9 Å². The van der Waals surface area contributed by atoms with Crippen LogP contribution in [0, 0.1) is 5.82 Å². The lowest BCUT2D eigenvalue weighted by Gasteiger charge is -2.25. The summed E-state index contributed by atoms with van der Waals surface area (Å²) in [6, 6.07) is 2.50. The molecule has 2 aromatic heterocycles. The second-order valence-electron chi connectivity index (χ2n) is 11.5. The number of anilines is 2. The lowest BCUT2D eigenvalue weighted by molar-refractivity contribution is 0.0507. The topological polar surface area (TPSA) is 139 Å². The molecule has 1 aliphatic rings. The first-order valence-electron chi connectivity index (χ1n) is 12.6. The molecule has 0 saturated carbocycles. The highest BCUT2D eigenvalue weighted by molar-refractivity contribution is 6.16. The van der Waals surface area contributed by atoms with E-state index in [2.05, 4.69) is 20.3 Å². The van der Waals surface area contributed by atoms with Gasteiger partial charge in [0.25, 0.3) is 0 Å². The third-order valence-electron chi connectivity index (χ3n) is 5.95. The average molecular weight is 530 g/mol. The number of aromatic nitrogens is 3. The van der Waals surface area contributed by atoms with Gasteiger partial charge < -0.3 is 30.4 Å². The van der Waals surface area contributed by atoms with Gasteiger partial charge in [-0.2, -0.15) is 0 Å². The summed E-state index contributed by atoms with van der Waals surface area (Å²) in [6.07, 6.45) is -0.428. The molecule has 2 amide bonds. The molecule has 1 aromatic carbocycles. The van der Waals surface area contributed by atoms with Crippen LogP contribution in [0.15, 0.2) is 12.1 Å². The van der Waals surface area contributed by atoms with Gasteiger partial charge in [-0.05, 0) is 60.1 Å². The number of nitrogens with zero attached hydrogens (tertiary/aromatic N) is 4. The van der Waals surface area contributed by atoms with Crippen LogP contribution < -0.4 is 20.9 Å². The molecule has 1 unspecified atom stereocenters. The van der Waals surface area contributed by atoms with Crippen molar-refractivity contribution in [1.29, 1.82) is 0 Å². The number of carbonyl (C=O) groups excluding carboxylic acids is 2. The monoisotopic (exact) mass is 529 g/mol. The van der Waals surface area contributed by atoms with Crippen molar-refractivity contribution in [3.8, 4) is 0 Å². The molecule has 4 N–H and O–H groups in total. The number of ether oxygens (including phenoxy) is 2. The fraction of sp³-hybridized carbons (Fsp3) is 0.538. The van der Waals surface area contributed by atoms with Crippen molar-refractivity contribution < 1.29 is 23.5 Å². The zero-order valence-electron chi connectivity index (χ0n) is 22.9. The van der Waals surface area contributed by atoms with Gasteiger partial charge in [-0.25, -0.2) is 23.9 Å². The summed E-state index contributed by atoms with van der Waals surface area (Å²) in [5, 5.41) is 4.04. The molecule has 1 saturated heterocycles. The molecule has 0 radical (unpaired) electrons. The number of aromatic amines is 1. The summed E-state index contributed by atoms with van der Waals surface area (Å²) < 4.78 is 25.8. The fourth-order valence-electron chi connectivity index (χ4n) is 4.43. The second-order valence-corrected chi connectivity index (χ2v) is 11.5. The van der Waals surface area contributed by atoms with E-state index in [0.29, 0.717) is 58.8 Å². The van der Waals surface area contributed by atoms with Crippen molar-refractivity contribution in [2.24, 2.45) is 5.73 Å². The summed E-state index contributed by atoms with van der Waals surface area (Å²) >= 11 is 0. The quantitative estimate of drug-likeness (QED) is 0.457. The molecule has 12 heteroatoms. The molecule has 4 rings (SSSR count). The van der Waals surface area contributed by atoms with Crippen LogP contribution in [0.3, 0.4) is 0 Å². The van der Waals surface area contributed by atoms with E-state index in [4.69, 9.17) is 15.2 Å². The Kier molecular flexibility index (Phi) is 7.13. The number of hydrogen-bond donors (Lipinski definition) is 3. The van der Waals surface area contributed by atoms with Crippen LogP contribution in [0.1, 0.15) is 53.8 Å². The summed E-state index contributed by atoms with van der Waals surface area (Å²) in [7, 11) is 1.53. The molecule has 1 fully saturated rings. The molecule has 0 spiro atoms. The molecule has 1 aliphatic heterocycles. The Morgan fingerprint density at radius 2 is 1.87 bits per heavy atom. The van der Waals surface area contributed by atoms with Crippen LogP contribution in [-0.4, -0.2) is 64.5 Å². The van der Waals surface area contributed by atoms with E-state index in [1.54, 1.807) is 20.8 Å². The normalized spacial score (nSPS) is 16.2. The molecule has 3 aromatic rings. The minimum Gasteiger partial charge on any atom is -0.444 e. The van der Waals surface area contributed by atoms with E-state index in [1.165, 1.54) is 24.1 Å². The number of H-pyrrole nitrogens is 1. The number of hydrogen-bond acceptors (Lipinski definition) is 8. The first kappa shape index (κ1) is 27.4. The van der Waals surface area contributed by atoms with Crippen LogP contribution in [-0.2, 0) is 16.0 Å². The maximum atomic E-state index is 14.9. The van der Waals surface area contributed by atoms with Gasteiger partial charge in [0.2, 0.25) is 0 Å². The highest BCUT2D eigenvalue weighted by Crippen LogP contribution is 2.38. The predicted molar refractivity (Wildman–Crippen MR) is 144 cm³/mol. The zero-order chi connectivity index (χ0) is 28.0. The van der Waals surface area contributed by atoms with Gasteiger partial charge in [-0.3, -0.25) is 4.90 Å². The molecule has 1 atom stereocenters. The third-order valence-corrected chi connectivity index (χ3v) is 5.95. The molecule has 0 aliphatic carbocycles. The number of fused-ring (bicyclic) bond motifs is 3. The second kappa shape index (κ2) is 9.90. The first-order valence-corrected chi connectivity index (χ1v) is 12.6. The van der Waals surface area contributed by atoms with Gasteiger partial charge in [0.15, 0.2) is 0 Å². The summed E-state index contributed by atoms with van der Waals surface area (Å²) in [4.78, 5) is 40.8. The van der Waals surface area contributed by atoms with Gasteiger partial charge in [-0.15, -0.1) is 0 Å². The largest absolute Gasteiger partial charge is 0.444 e. The SMILES string of the molecule is CN(C(=O)OC(C)(C)C)c1cc(F)cc2c1[nH]c1nc(CN)nc(N3CCC(NC(=O)OC(C)(C)C)C3)c12. The number of nitrogens with two attached hydrogens (primary N) is 1. The van der Waals surface area contributed by atoms with Crippen molar-refractivity contribution in [2.45, 2.75) is 71.8 Å². The van der Waals surface area contributed by atoms with Gasteiger partial charge in [0.05, 0.1) is 29.2 Å². The Morgan fingerprint density at radius 3 is 2.50 bits per heavy atom. The molecular weight excluding hydrogens is 493 g/mol. The maximum absolute atomic E-state index is 14.9. The Morgan fingerprint density at radius 1 is 1.18 bits per heavy atom. The Bertz CT molecular complexity index is 1380. The van der Waals surface area contributed by atoms with Crippen molar-refractivity contribution in [3.05, 3.63) is 23.8 Å². The third kappa shape index (κ3) is 5.90. The maximum Gasteiger partial charge on any atom is 0.414 e. The van der Waals surface area contributed by atoms with Gasteiger partial charge >= 0.3 is 12.2 Å². The van der Waals surface area contributed by atoms with E-state index in [1.807, 2.05) is 25.7 Å². The van der Waals surface area contributed by atoms with Crippen molar-refractivity contribution in [2.75, 3.05) is 29.9 Å². The summed E-state index contributed by atoms with van der Waals surface area (Å²) in [5.74, 6) is 0.459. The number of rotatable bonds is 4. The molecular formula is C26H36FN7O4. The van der Waals surface area contributed by atoms with Gasteiger partial charge in [-0.1, -0.05) is 0 Å². The van der Waals surface area contributed by atoms with Gasteiger partial charge in [0, 0.05) is 25.5 Å². The smallest absolute Gasteiger partial charge is 0.414 e. The Labute approximate surface area is 220 Å². The first-order chi connectivity index (χ1) is 17.6. The number of alkyl carbamates (subject to hydrolysis) is 1. The molecule has 3 heterocycles. The van der Waals surface area contributed by atoms with Crippen molar-refractivity contribution in [3.63, 3.8) is 0 Å². The van der Waals surface area contributed by atoms with Gasteiger partial charge in [0.1, 0.15) is 34.3 Å². The Balaban J connectivity index is 1.74. The summed E-state index contributed by atoms with van der Waals surface area (Å²) in [6.45, 7) is 11.9. The standard InChI is InChI=1S/C26H36FN7O4/c1-25(2,3)37-23(35)29-15-8-9-34(13-15)22-19-16-10-14(27)11-17(33(7)24(36)38-26(4,5)6)20(16)32-21(19)30-18(12-28)31-22/h10-11,15H,8-9,12-13,28H2,1-7H3,(H,29,35)(H,30,31,32). The number of benzene rings is 1. The van der Waals surface area contributed by atoms with Crippen molar-refractivity contribution in [1.82, 2.24) is 20.3 Å². The van der Waals surface area contributed by atoms with E-state index in [0.717, 1.165) is 0 Å². The summed E-state index contributed by atoms with van der Waals surface area (Å²) in [5.41, 5.74) is 5.87. The zero-order valence-corrected chi connectivity index (χ0v) is 22.9. The molecule has 11 nitrogen and oxygen atoms in total. The van der Waals surface area contributed by atoms with E-state index < -0.39 is 29.2 Å². The number of halogens is 1.